The van der Waals surface area contributed by atoms with Crippen molar-refractivity contribution in [2.45, 2.75) is 52.3 Å². The molecule has 1 aromatic carbocycles. The summed E-state index contributed by atoms with van der Waals surface area (Å²) < 4.78 is 30.5. The van der Waals surface area contributed by atoms with Gasteiger partial charge in [0.1, 0.15) is 22.8 Å². The maximum absolute atomic E-state index is 14.9. The SMILES string of the molecule is CCN1CCN(C(=O)NC(C(=O)N[C@H]2Cc3cccc(C(=O)OCOC(=O)C(C)(C)C)c3OB2O)c2ncc(O)cc2F)C(O)C1=O. The minimum absolute atomic E-state index is 0.0429. The fourth-order valence-corrected chi connectivity index (χ4v) is 4.80. The van der Waals surface area contributed by atoms with E-state index in [0.29, 0.717) is 18.2 Å². The lowest BCUT2D eigenvalue weighted by molar-refractivity contribution is -0.161. The molecule has 2 aliphatic heterocycles. The lowest BCUT2D eigenvalue weighted by atomic mass is 9.72. The molecule has 2 unspecified atom stereocenters. The van der Waals surface area contributed by atoms with E-state index in [4.69, 9.17) is 14.1 Å². The van der Waals surface area contributed by atoms with Gasteiger partial charge in [-0.3, -0.25) is 24.3 Å². The number of esters is 2. The molecule has 47 heavy (non-hydrogen) atoms. The number of fused-ring (bicyclic) bond motifs is 1. The third-order valence-electron chi connectivity index (χ3n) is 7.40. The molecule has 0 aliphatic carbocycles. The first kappa shape index (κ1) is 34.9. The first-order valence-corrected chi connectivity index (χ1v) is 14.6. The van der Waals surface area contributed by atoms with E-state index >= 15 is 0 Å². The predicted molar refractivity (Wildman–Crippen MR) is 159 cm³/mol. The second-order valence-corrected chi connectivity index (χ2v) is 11.8. The Balaban J connectivity index is 1.50. The molecule has 18 heteroatoms. The number of amides is 4. The summed E-state index contributed by atoms with van der Waals surface area (Å²) in [5.41, 5.74) is -1.14. The Morgan fingerprint density at radius 2 is 1.94 bits per heavy atom. The van der Waals surface area contributed by atoms with Gasteiger partial charge in [-0.15, -0.1) is 0 Å². The maximum Gasteiger partial charge on any atom is 0.547 e. The van der Waals surface area contributed by atoms with Crippen LogP contribution in [-0.4, -0.2) is 106 Å². The third-order valence-corrected chi connectivity index (χ3v) is 7.40. The fourth-order valence-electron chi connectivity index (χ4n) is 4.80. The van der Waals surface area contributed by atoms with Gasteiger partial charge in [0.2, 0.25) is 18.9 Å². The summed E-state index contributed by atoms with van der Waals surface area (Å²) in [5, 5.41) is 35.6. The maximum atomic E-state index is 14.9. The molecular formula is C29H35BFN5O11. The molecule has 1 saturated heterocycles. The Bertz CT molecular complexity index is 1550. The van der Waals surface area contributed by atoms with Crippen molar-refractivity contribution in [3.05, 3.63) is 53.1 Å². The Hall–Kier alpha value is -4.97. The van der Waals surface area contributed by atoms with Crippen molar-refractivity contribution in [3.63, 3.8) is 0 Å². The highest BCUT2D eigenvalue weighted by Crippen LogP contribution is 2.31. The second kappa shape index (κ2) is 14.2. The third kappa shape index (κ3) is 7.89. The Kier molecular flexibility index (Phi) is 10.6. The lowest BCUT2D eigenvalue weighted by Crippen LogP contribution is -2.62. The molecule has 0 radical (unpaired) electrons. The summed E-state index contributed by atoms with van der Waals surface area (Å²) in [4.78, 5) is 69.7. The molecule has 16 nitrogen and oxygen atoms in total. The number of hydrogen-bond acceptors (Lipinski definition) is 12. The number of piperazine rings is 1. The van der Waals surface area contributed by atoms with Gasteiger partial charge in [-0.05, 0) is 45.7 Å². The Morgan fingerprint density at radius 1 is 1.21 bits per heavy atom. The largest absolute Gasteiger partial charge is 0.547 e. The quantitative estimate of drug-likeness (QED) is 0.144. The van der Waals surface area contributed by atoms with Crippen LogP contribution in [0.15, 0.2) is 30.5 Å². The number of aromatic nitrogens is 1. The van der Waals surface area contributed by atoms with Gasteiger partial charge in [0.25, 0.3) is 5.91 Å². The number of aliphatic hydroxyl groups is 1. The summed E-state index contributed by atoms with van der Waals surface area (Å²) in [6.07, 6.45) is -1.11. The molecule has 3 heterocycles. The highest BCUT2D eigenvalue weighted by atomic mass is 19.1. The molecule has 3 atom stereocenters. The molecule has 2 aromatic rings. The first-order chi connectivity index (χ1) is 22.1. The molecule has 5 N–H and O–H groups in total. The molecule has 2 aliphatic rings. The number of hydrogen-bond donors (Lipinski definition) is 5. The number of ether oxygens (including phenoxy) is 2. The van der Waals surface area contributed by atoms with Crippen LogP contribution in [0.1, 0.15) is 55.4 Å². The number of aromatic hydroxyl groups is 1. The highest BCUT2D eigenvalue weighted by Gasteiger charge is 2.42. The van der Waals surface area contributed by atoms with Crippen molar-refractivity contribution < 1.29 is 57.7 Å². The monoisotopic (exact) mass is 659 g/mol. The molecule has 1 fully saturated rings. The first-order valence-electron chi connectivity index (χ1n) is 14.6. The van der Waals surface area contributed by atoms with Gasteiger partial charge in [-0.1, -0.05) is 12.1 Å². The molecule has 4 amide bonds. The van der Waals surface area contributed by atoms with Gasteiger partial charge < -0.3 is 44.9 Å². The average Bonchev–Trinajstić information content (AvgIpc) is 3.00. The summed E-state index contributed by atoms with van der Waals surface area (Å²) in [6.45, 7) is 6.23. The Labute approximate surface area is 268 Å². The van der Waals surface area contributed by atoms with E-state index in [2.05, 4.69) is 15.6 Å². The van der Waals surface area contributed by atoms with Crippen LogP contribution < -0.4 is 15.3 Å². The molecule has 0 spiro atoms. The van der Waals surface area contributed by atoms with E-state index in [1.807, 2.05) is 0 Å². The average molecular weight is 659 g/mol. The van der Waals surface area contributed by atoms with Gasteiger partial charge >= 0.3 is 25.1 Å². The zero-order valence-electron chi connectivity index (χ0n) is 26.1. The van der Waals surface area contributed by atoms with E-state index in [9.17, 15) is 43.6 Å². The van der Waals surface area contributed by atoms with Crippen molar-refractivity contribution >= 4 is 36.9 Å². The van der Waals surface area contributed by atoms with Crippen LogP contribution >= 0.6 is 0 Å². The van der Waals surface area contributed by atoms with Crippen LogP contribution in [0.25, 0.3) is 0 Å². The van der Waals surface area contributed by atoms with Crippen molar-refractivity contribution in [1.82, 2.24) is 25.4 Å². The van der Waals surface area contributed by atoms with Crippen LogP contribution in [0.4, 0.5) is 9.18 Å². The molecule has 0 bridgehead atoms. The van der Waals surface area contributed by atoms with Crippen molar-refractivity contribution in [2.24, 2.45) is 5.41 Å². The van der Waals surface area contributed by atoms with Crippen molar-refractivity contribution in [2.75, 3.05) is 26.4 Å². The molecule has 252 valence electrons. The number of nitrogens with one attached hydrogen (secondary N) is 2. The van der Waals surface area contributed by atoms with Gasteiger partial charge in [0, 0.05) is 25.7 Å². The number of rotatable bonds is 8. The Morgan fingerprint density at radius 3 is 2.60 bits per heavy atom. The van der Waals surface area contributed by atoms with Gasteiger partial charge in [-0.25, -0.2) is 14.0 Å². The molecule has 4 rings (SSSR count). The second-order valence-electron chi connectivity index (χ2n) is 11.8. The normalized spacial score (nSPS) is 18.4. The van der Waals surface area contributed by atoms with Gasteiger partial charge in [0.15, 0.2) is 11.9 Å². The van der Waals surface area contributed by atoms with E-state index in [1.54, 1.807) is 33.8 Å². The molecule has 1 aromatic heterocycles. The topological polar surface area (TPSA) is 217 Å². The van der Waals surface area contributed by atoms with Crippen molar-refractivity contribution in [3.8, 4) is 11.5 Å². The minimum Gasteiger partial charge on any atom is -0.534 e. The van der Waals surface area contributed by atoms with Crippen LogP contribution in [-0.2, 0) is 30.3 Å². The van der Waals surface area contributed by atoms with Gasteiger partial charge in [-0.2, -0.15) is 0 Å². The number of likely N-dealkylation sites (N-methyl/N-ethyl adjacent to an activating group) is 1. The van der Waals surface area contributed by atoms with E-state index in [0.717, 1.165) is 11.1 Å². The minimum atomic E-state index is -1.86. The van der Waals surface area contributed by atoms with Crippen molar-refractivity contribution in [1.29, 1.82) is 0 Å². The number of urea groups is 1. The molecular weight excluding hydrogens is 624 g/mol. The summed E-state index contributed by atoms with van der Waals surface area (Å²) in [7, 11) is -1.74. The number of halogens is 1. The smallest absolute Gasteiger partial charge is 0.534 e. The summed E-state index contributed by atoms with van der Waals surface area (Å²) in [5.74, 6) is -6.23. The zero-order chi connectivity index (χ0) is 34.6. The van der Waals surface area contributed by atoms with Gasteiger partial charge in [0.05, 0.1) is 17.6 Å². The van der Waals surface area contributed by atoms with Crippen LogP contribution in [0.2, 0.25) is 0 Å². The lowest BCUT2D eigenvalue weighted by Gasteiger charge is -2.38. The van der Waals surface area contributed by atoms with E-state index in [1.165, 1.54) is 17.0 Å². The number of pyridine rings is 1. The number of carbonyl (C=O) groups excluding carboxylic acids is 5. The standard InChI is InChI=1S/C29H35BFN5O11/c1-5-35-9-10-36(25(40)24(35)39)28(43)34-21(20-18(31)12-16(37)13-32-20)23(38)33-19-11-15-7-6-8-17(22(15)47-30(19)44)26(41)45-14-46-27(42)29(2,3)4/h6-8,12-13,19,21,25,37,40,44H,5,9-11,14H2,1-4H3,(H,33,38)(H,34,43)/t19-,21?,25?/m0/s1. The van der Waals surface area contributed by atoms with Crippen LogP contribution in [0, 0.1) is 11.2 Å². The fraction of sp³-hybridized carbons (Fsp3) is 0.448. The predicted octanol–water partition coefficient (Wildman–Crippen LogP) is 0.00270. The van der Waals surface area contributed by atoms with E-state index < -0.39 is 84.6 Å². The van der Waals surface area contributed by atoms with E-state index in [-0.39, 0.29) is 30.8 Å². The summed E-state index contributed by atoms with van der Waals surface area (Å²) >= 11 is 0. The number of nitrogens with zero attached hydrogens (tertiary/aromatic N) is 3. The number of para-hydroxylation sites is 1. The van der Waals surface area contributed by atoms with Crippen LogP contribution in [0.3, 0.4) is 0 Å². The molecule has 0 saturated carbocycles. The number of aliphatic hydroxyl groups excluding tert-OH is 1. The number of carbonyl (C=O) groups is 5. The highest BCUT2D eigenvalue weighted by molar-refractivity contribution is 6.47. The summed E-state index contributed by atoms with van der Waals surface area (Å²) in [6, 6.07) is 2.15. The number of benzene rings is 1. The zero-order valence-corrected chi connectivity index (χ0v) is 26.1. The van der Waals surface area contributed by atoms with Crippen LogP contribution in [0.5, 0.6) is 11.5 Å².